The lowest BCUT2D eigenvalue weighted by molar-refractivity contribution is -0.139. The number of rotatable bonds is 8. The van der Waals surface area contributed by atoms with Crippen molar-refractivity contribution in [2.24, 2.45) is 5.92 Å². The highest BCUT2D eigenvalue weighted by Gasteiger charge is 2.23. The molecule has 0 heterocycles. The molecule has 20 heavy (non-hydrogen) atoms. The van der Waals surface area contributed by atoms with Gasteiger partial charge in [-0.15, -0.1) is 0 Å². The summed E-state index contributed by atoms with van der Waals surface area (Å²) in [5.41, 5.74) is 0. The van der Waals surface area contributed by atoms with Crippen molar-refractivity contribution in [3.8, 4) is 0 Å². The second-order valence-corrected chi connectivity index (χ2v) is 4.88. The van der Waals surface area contributed by atoms with Gasteiger partial charge in [0.05, 0.1) is 5.92 Å². The largest absolute Gasteiger partial charge is 0.480 e. The number of carboxylic acids is 1. The fourth-order valence-electron chi connectivity index (χ4n) is 1.75. The van der Waals surface area contributed by atoms with Crippen LogP contribution in [0.25, 0.3) is 0 Å². The molecule has 0 aromatic rings. The van der Waals surface area contributed by atoms with Crippen LogP contribution in [-0.2, 0) is 9.59 Å². The average Bonchev–Trinajstić information content (AvgIpc) is 2.41. The number of carbonyl (C=O) groups excluding carboxylic acids is 2. The van der Waals surface area contributed by atoms with Gasteiger partial charge >= 0.3 is 12.0 Å². The quantitative estimate of drug-likeness (QED) is 0.610. The van der Waals surface area contributed by atoms with Gasteiger partial charge in [0.1, 0.15) is 6.04 Å². The van der Waals surface area contributed by atoms with Gasteiger partial charge in [-0.3, -0.25) is 4.79 Å². The third kappa shape index (κ3) is 6.40. The first-order valence-corrected chi connectivity index (χ1v) is 6.79. The normalized spacial score (nSPS) is 13.2. The van der Waals surface area contributed by atoms with Gasteiger partial charge in [0.15, 0.2) is 0 Å². The van der Waals surface area contributed by atoms with Crippen LogP contribution in [0.5, 0.6) is 0 Å². The van der Waals surface area contributed by atoms with Crippen LogP contribution in [0.15, 0.2) is 0 Å². The zero-order valence-electron chi connectivity index (χ0n) is 12.6. The average molecular weight is 287 g/mol. The number of hydrogen-bond donors (Lipinski definition) is 3. The maximum absolute atomic E-state index is 11.9. The van der Waals surface area contributed by atoms with Crippen LogP contribution in [0.1, 0.15) is 33.1 Å². The first-order chi connectivity index (χ1) is 9.33. The fraction of sp³-hybridized carbons (Fsp3) is 0.769. The van der Waals surface area contributed by atoms with E-state index in [0.717, 1.165) is 12.8 Å². The Kier molecular flexibility index (Phi) is 8.35. The van der Waals surface area contributed by atoms with E-state index < -0.39 is 18.0 Å². The molecule has 0 fully saturated rings. The Labute approximate surface area is 119 Å². The number of nitrogens with zero attached hydrogens (tertiary/aromatic N) is 1. The zero-order valence-corrected chi connectivity index (χ0v) is 12.6. The molecule has 116 valence electrons. The summed E-state index contributed by atoms with van der Waals surface area (Å²) in [4.78, 5) is 35.6. The van der Waals surface area contributed by atoms with Crippen molar-refractivity contribution in [3.05, 3.63) is 0 Å². The van der Waals surface area contributed by atoms with Crippen LogP contribution in [0, 0.1) is 5.92 Å². The molecule has 7 heteroatoms. The van der Waals surface area contributed by atoms with Crippen LogP contribution in [0.3, 0.4) is 0 Å². The predicted octanol–water partition coefficient (Wildman–Crippen LogP) is 0.653. The molecule has 0 aromatic heterocycles. The molecule has 0 aliphatic rings. The van der Waals surface area contributed by atoms with E-state index in [9.17, 15) is 14.4 Å². The Morgan fingerprint density at radius 2 is 1.90 bits per heavy atom. The standard InChI is InChI=1S/C13H25N3O4/c1-5-6-7-10(12(18)19)15-13(20)16(4)8-9(2)11(17)14-3/h9-10H,5-8H2,1-4H3,(H,14,17)(H,15,20)(H,18,19)/t9?,10-/m0/s1. The van der Waals surface area contributed by atoms with E-state index >= 15 is 0 Å². The van der Waals surface area contributed by atoms with Gasteiger partial charge in [0.2, 0.25) is 5.91 Å². The summed E-state index contributed by atoms with van der Waals surface area (Å²) in [5, 5.41) is 14.0. The number of carboxylic acid groups (broad SMARTS) is 1. The van der Waals surface area contributed by atoms with E-state index in [-0.39, 0.29) is 18.4 Å². The minimum absolute atomic E-state index is 0.162. The molecule has 0 bridgehead atoms. The van der Waals surface area contributed by atoms with Crippen LogP contribution in [0.2, 0.25) is 0 Å². The van der Waals surface area contributed by atoms with Gasteiger partial charge < -0.3 is 20.6 Å². The molecule has 0 spiro atoms. The number of unbranched alkanes of at least 4 members (excludes halogenated alkanes) is 1. The number of nitrogens with one attached hydrogen (secondary N) is 2. The van der Waals surface area contributed by atoms with Crippen molar-refractivity contribution in [1.29, 1.82) is 0 Å². The molecule has 3 N–H and O–H groups in total. The van der Waals surface area contributed by atoms with Gasteiger partial charge in [-0.05, 0) is 6.42 Å². The van der Waals surface area contributed by atoms with Crippen LogP contribution in [0.4, 0.5) is 4.79 Å². The number of carbonyl (C=O) groups is 3. The predicted molar refractivity (Wildman–Crippen MR) is 75.3 cm³/mol. The highest BCUT2D eigenvalue weighted by Crippen LogP contribution is 2.03. The first-order valence-electron chi connectivity index (χ1n) is 6.79. The SMILES string of the molecule is CCCC[C@H](NC(=O)N(C)CC(C)C(=O)NC)C(=O)O. The van der Waals surface area contributed by atoms with Crippen molar-refractivity contribution in [1.82, 2.24) is 15.5 Å². The summed E-state index contributed by atoms with van der Waals surface area (Å²) in [5.74, 6) is -1.56. The molecule has 0 aromatic carbocycles. The van der Waals surface area contributed by atoms with Crippen molar-refractivity contribution in [3.63, 3.8) is 0 Å². The monoisotopic (exact) mass is 287 g/mol. The van der Waals surface area contributed by atoms with E-state index in [2.05, 4.69) is 10.6 Å². The molecular weight excluding hydrogens is 262 g/mol. The molecule has 1 unspecified atom stereocenters. The van der Waals surface area contributed by atoms with Crippen LogP contribution < -0.4 is 10.6 Å². The Morgan fingerprint density at radius 1 is 1.30 bits per heavy atom. The summed E-state index contributed by atoms with van der Waals surface area (Å²) >= 11 is 0. The molecule has 7 nitrogen and oxygen atoms in total. The summed E-state index contributed by atoms with van der Waals surface area (Å²) in [6, 6.07) is -1.37. The van der Waals surface area contributed by atoms with Gasteiger partial charge in [-0.25, -0.2) is 9.59 Å². The van der Waals surface area contributed by atoms with E-state index in [4.69, 9.17) is 5.11 Å². The van der Waals surface area contributed by atoms with E-state index in [1.807, 2.05) is 6.92 Å². The van der Waals surface area contributed by atoms with Crippen molar-refractivity contribution in [2.45, 2.75) is 39.2 Å². The number of urea groups is 1. The minimum Gasteiger partial charge on any atom is -0.480 e. The third-order valence-corrected chi connectivity index (χ3v) is 3.03. The maximum Gasteiger partial charge on any atom is 0.326 e. The Balaban J connectivity index is 4.41. The van der Waals surface area contributed by atoms with Crippen molar-refractivity contribution < 1.29 is 19.5 Å². The van der Waals surface area contributed by atoms with E-state index in [1.54, 1.807) is 6.92 Å². The molecule has 0 saturated heterocycles. The van der Waals surface area contributed by atoms with Crippen LogP contribution >= 0.6 is 0 Å². The lowest BCUT2D eigenvalue weighted by Crippen LogP contribution is -2.48. The number of amides is 3. The minimum atomic E-state index is -1.04. The molecule has 2 atom stereocenters. The summed E-state index contributed by atoms with van der Waals surface area (Å²) in [7, 11) is 3.07. The van der Waals surface area contributed by atoms with Gasteiger partial charge in [0, 0.05) is 20.6 Å². The summed E-state index contributed by atoms with van der Waals surface area (Å²) in [6.45, 7) is 3.89. The summed E-state index contributed by atoms with van der Waals surface area (Å²) < 4.78 is 0. The van der Waals surface area contributed by atoms with Crippen LogP contribution in [-0.4, -0.2) is 54.6 Å². The molecule has 0 saturated carbocycles. The third-order valence-electron chi connectivity index (χ3n) is 3.03. The molecular formula is C13H25N3O4. The lowest BCUT2D eigenvalue weighted by Gasteiger charge is -2.23. The zero-order chi connectivity index (χ0) is 15.7. The molecule has 0 aliphatic carbocycles. The van der Waals surface area contributed by atoms with Crippen molar-refractivity contribution >= 4 is 17.9 Å². The fourth-order valence-corrected chi connectivity index (χ4v) is 1.75. The molecule has 0 aliphatic heterocycles. The Bertz CT molecular complexity index is 347. The first kappa shape index (κ1) is 18.2. The van der Waals surface area contributed by atoms with Crippen molar-refractivity contribution in [2.75, 3.05) is 20.6 Å². The number of hydrogen-bond acceptors (Lipinski definition) is 3. The Morgan fingerprint density at radius 3 is 2.35 bits per heavy atom. The molecule has 0 radical (unpaired) electrons. The summed E-state index contributed by atoms with van der Waals surface area (Å²) in [6.07, 6.45) is 2.00. The second kappa shape index (κ2) is 9.17. The smallest absolute Gasteiger partial charge is 0.326 e. The van der Waals surface area contributed by atoms with Gasteiger partial charge in [-0.2, -0.15) is 0 Å². The molecule has 0 rings (SSSR count). The maximum atomic E-state index is 11.9. The van der Waals surface area contributed by atoms with Gasteiger partial charge in [-0.1, -0.05) is 26.7 Å². The lowest BCUT2D eigenvalue weighted by atomic mass is 10.1. The molecule has 3 amide bonds. The highest BCUT2D eigenvalue weighted by molar-refractivity contribution is 5.83. The van der Waals surface area contributed by atoms with Gasteiger partial charge in [0.25, 0.3) is 0 Å². The number of aliphatic carboxylic acids is 1. The van der Waals surface area contributed by atoms with E-state index in [1.165, 1.54) is 19.0 Å². The highest BCUT2D eigenvalue weighted by atomic mass is 16.4. The second-order valence-electron chi connectivity index (χ2n) is 4.88. The topological polar surface area (TPSA) is 98.7 Å². The van der Waals surface area contributed by atoms with E-state index in [0.29, 0.717) is 6.42 Å². The Hall–Kier alpha value is -1.79.